The maximum Gasteiger partial charge on any atom is 0.259 e. The molecule has 2 aliphatic heterocycles. The molecule has 4 nitrogen and oxygen atoms in total. The van der Waals surface area contributed by atoms with E-state index in [1.54, 1.807) is 17.2 Å². The number of alkyl halides is 2. The molecule has 116 valence electrons. The van der Waals surface area contributed by atoms with Crippen molar-refractivity contribution < 1.29 is 13.6 Å². The lowest BCUT2D eigenvalue weighted by Crippen LogP contribution is -2.44. The van der Waals surface area contributed by atoms with Gasteiger partial charge in [-0.2, -0.15) is 5.26 Å². The van der Waals surface area contributed by atoms with Gasteiger partial charge in [-0.15, -0.1) is 0 Å². The second kappa shape index (κ2) is 4.73. The Balaban J connectivity index is 1.95. The Hall–Kier alpha value is -2.03. The summed E-state index contributed by atoms with van der Waals surface area (Å²) >= 11 is 0. The third-order valence-corrected chi connectivity index (χ3v) is 5.10. The maximum absolute atomic E-state index is 13.9. The summed E-state index contributed by atoms with van der Waals surface area (Å²) in [6.45, 7) is 2.18. The first-order valence-corrected chi connectivity index (χ1v) is 7.33. The smallest absolute Gasteiger partial charge is 0.259 e. The van der Waals surface area contributed by atoms with E-state index in [9.17, 15) is 13.6 Å². The Morgan fingerprint density at radius 1 is 1.45 bits per heavy atom. The molecular weight excluding hydrogens is 288 g/mol. The number of rotatable bonds is 2. The van der Waals surface area contributed by atoms with E-state index in [0.717, 1.165) is 18.9 Å². The first kappa shape index (κ1) is 14.9. The van der Waals surface area contributed by atoms with Crippen molar-refractivity contribution in [2.24, 2.45) is 5.41 Å². The average Bonchev–Trinajstić information content (AvgIpc) is 2.98. The summed E-state index contributed by atoms with van der Waals surface area (Å²) in [6, 6.07) is 3.29. The zero-order chi connectivity index (χ0) is 16.1. The maximum atomic E-state index is 13.9. The molecule has 6 heteroatoms. The number of halogens is 2. The van der Waals surface area contributed by atoms with Crippen LogP contribution in [0.2, 0.25) is 0 Å². The summed E-state index contributed by atoms with van der Waals surface area (Å²) in [4.78, 5) is 18.3. The van der Waals surface area contributed by atoms with Crippen molar-refractivity contribution in [3.8, 4) is 6.07 Å². The Kier molecular flexibility index (Phi) is 3.20. The number of hydrogen-bond acceptors (Lipinski definition) is 3. The molecular formula is C16H17F2N3O. The zero-order valence-corrected chi connectivity index (χ0v) is 12.5. The molecule has 0 spiro atoms. The van der Waals surface area contributed by atoms with Crippen LogP contribution in [0.15, 0.2) is 18.5 Å². The predicted octanol–water partition coefficient (Wildman–Crippen LogP) is 3.05. The average molecular weight is 305 g/mol. The molecule has 0 saturated carbocycles. The van der Waals surface area contributed by atoms with E-state index in [-0.39, 0.29) is 18.5 Å². The molecule has 0 aromatic carbocycles. The third-order valence-electron chi connectivity index (χ3n) is 5.10. The summed E-state index contributed by atoms with van der Waals surface area (Å²) < 4.78 is 27.8. The normalized spacial score (nSPS) is 31.2. The van der Waals surface area contributed by atoms with E-state index in [1.165, 1.54) is 13.1 Å². The first-order chi connectivity index (χ1) is 10.3. The fraction of sp³-hybridized carbons (Fsp3) is 0.562. The molecule has 2 saturated heterocycles. The Bertz CT molecular complexity index is 664. The summed E-state index contributed by atoms with van der Waals surface area (Å²) in [5.41, 5.74) is -0.480. The predicted molar refractivity (Wildman–Crippen MR) is 74.9 cm³/mol. The summed E-state index contributed by atoms with van der Waals surface area (Å²) in [7, 11) is 0. The van der Waals surface area contributed by atoms with Crippen LogP contribution in [0.1, 0.15) is 50.3 Å². The number of carbonyl (C=O) groups is 1. The van der Waals surface area contributed by atoms with Gasteiger partial charge in [-0.1, -0.05) is 0 Å². The van der Waals surface area contributed by atoms with E-state index < -0.39 is 17.2 Å². The standard InChI is InChI=1S/C16H17F2N3O/c1-15(16(2,17)18)6-12-3-4-13(21(12)14(15)22)11-5-10(7-19)8-20-9-11/h5,8-9,12-13H,3-4,6H2,1-2H3/t12-,13+,15+/m1/s1. The van der Waals surface area contributed by atoms with Gasteiger partial charge in [-0.25, -0.2) is 8.78 Å². The highest BCUT2D eigenvalue weighted by Crippen LogP contribution is 2.54. The van der Waals surface area contributed by atoms with Gasteiger partial charge in [0.2, 0.25) is 5.91 Å². The van der Waals surface area contributed by atoms with Gasteiger partial charge in [0.1, 0.15) is 11.5 Å². The van der Waals surface area contributed by atoms with E-state index in [2.05, 4.69) is 4.98 Å². The number of fused-ring (bicyclic) bond motifs is 1. The van der Waals surface area contributed by atoms with Crippen LogP contribution >= 0.6 is 0 Å². The Labute approximate surface area is 127 Å². The van der Waals surface area contributed by atoms with Crippen LogP contribution in [0.3, 0.4) is 0 Å². The van der Waals surface area contributed by atoms with Crippen LogP contribution < -0.4 is 0 Å². The topological polar surface area (TPSA) is 57.0 Å². The van der Waals surface area contributed by atoms with Crippen molar-refractivity contribution in [2.45, 2.75) is 51.1 Å². The Morgan fingerprint density at radius 3 is 2.82 bits per heavy atom. The van der Waals surface area contributed by atoms with E-state index in [1.807, 2.05) is 6.07 Å². The fourth-order valence-corrected chi connectivity index (χ4v) is 3.63. The Morgan fingerprint density at radius 2 is 2.18 bits per heavy atom. The van der Waals surface area contributed by atoms with Crippen molar-refractivity contribution in [3.05, 3.63) is 29.6 Å². The molecule has 1 aromatic heterocycles. The van der Waals surface area contributed by atoms with Gasteiger partial charge in [-0.05, 0) is 37.8 Å². The molecule has 0 bridgehead atoms. The highest BCUT2D eigenvalue weighted by molar-refractivity contribution is 5.87. The molecule has 22 heavy (non-hydrogen) atoms. The summed E-state index contributed by atoms with van der Waals surface area (Å²) in [6.07, 6.45) is 4.67. The lowest BCUT2D eigenvalue weighted by molar-refractivity contribution is -0.156. The van der Waals surface area contributed by atoms with Crippen molar-refractivity contribution in [1.29, 1.82) is 5.26 Å². The van der Waals surface area contributed by atoms with Crippen LogP contribution in [0.5, 0.6) is 0 Å². The molecule has 0 aliphatic carbocycles. The first-order valence-electron chi connectivity index (χ1n) is 7.33. The van der Waals surface area contributed by atoms with Crippen LogP contribution in [-0.4, -0.2) is 27.8 Å². The minimum atomic E-state index is -3.05. The number of hydrogen-bond donors (Lipinski definition) is 0. The van der Waals surface area contributed by atoms with Crippen LogP contribution in [0.4, 0.5) is 8.78 Å². The van der Waals surface area contributed by atoms with Gasteiger partial charge < -0.3 is 4.90 Å². The van der Waals surface area contributed by atoms with Gasteiger partial charge in [0.05, 0.1) is 11.6 Å². The van der Waals surface area contributed by atoms with Crippen LogP contribution in [0, 0.1) is 16.7 Å². The number of nitrogens with zero attached hydrogens (tertiary/aromatic N) is 3. The quantitative estimate of drug-likeness (QED) is 0.844. The van der Waals surface area contributed by atoms with Gasteiger partial charge in [0.15, 0.2) is 0 Å². The fourth-order valence-electron chi connectivity index (χ4n) is 3.63. The van der Waals surface area contributed by atoms with E-state index in [4.69, 9.17) is 5.26 Å². The second-order valence-corrected chi connectivity index (χ2v) is 6.50. The molecule has 0 radical (unpaired) electrons. The number of pyridine rings is 1. The largest absolute Gasteiger partial charge is 0.332 e. The lowest BCUT2D eigenvalue weighted by atomic mass is 9.80. The minimum absolute atomic E-state index is 0.154. The SMILES string of the molecule is CC(F)(F)[C@@]1(C)C[C@H]2CC[C@@H](c3cncc(C#N)c3)N2C1=O. The molecule has 1 amide bonds. The van der Waals surface area contributed by atoms with Crippen molar-refractivity contribution in [2.75, 3.05) is 0 Å². The highest BCUT2D eigenvalue weighted by Gasteiger charge is 2.62. The molecule has 2 fully saturated rings. The van der Waals surface area contributed by atoms with Gasteiger partial charge in [0, 0.05) is 25.4 Å². The van der Waals surface area contributed by atoms with Crippen molar-refractivity contribution >= 4 is 5.91 Å². The summed E-state index contributed by atoms with van der Waals surface area (Å²) in [5.74, 6) is -3.54. The van der Waals surface area contributed by atoms with Crippen LogP contribution in [0.25, 0.3) is 0 Å². The van der Waals surface area contributed by atoms with Gasteiger partial charge in [0.25, 0.3) is 5.92 Å². The minimum Gasteiger partial charge on any atom is -0.332 e. The molecule has 3 rings (SSSR count). The van der Waals surface area contributed by atoms with Crippen LogP contribution in [-0.2, 0) is 4.79 Å². The van der Waals surface area contributed by atoms with Crippen molar-refractivity contribution in [1.82, 2.24) is 9.88 Å². The molecule has 0 unspecified atom stereocenters. The number of nitriles is 1. The molecule has 1 aromatic rings. The molecule has 2 aliphatic rings. The number of aromatic nitrogens is 1. The monoisotopic (exact) mass is 305 g/mol. The molecule has 0 N–H and O–H groups in total. The summed E-state index contributed by atoms with van der Waals surface area (Å²) in [5, 5.41) is 8.96. The number of carbonyl (C=O) groups excluding carboxylic acids is 1. The third kappa shape index (κ3) is 1.99. The second-order valence-electron chi connectivity index (χ2n) is 6.50. The van der Waals surface area contributed by atoms with E-state index >= 15 is 0 Å². The molecule has 3 heterocycles. The lowest BCUT2D eigenvalue weighted by Gasteiger charge is -2.31. The van der Waals surface area contributed by atoms with Gasteiger partial charge in [-0.3, -0.25) is 9.78 Å². The van der Waals surface area contributed by atoms with Gasteiger partial charge >= 0.3 is 0 Å². The highest BCUT2D eigenvalue weighted by atomic mass is 19.3. The van der Waals surface area contributed by atoms with Crippen molar-refractivity contribution in [3.63, 3.8) is 0 Å². The zero-order valence-electron chi connectivity index (χ0n) is 12.5. The number of amides is 1. The van der Waals surface area contributed by atoms with E-state index in [0.29, 0.717) is 12.0 Å². The molecule has 3 atom stereocenters.